The highest BCUT2D eigenvalue weighted by atomic mass is 32.2. The van der Waals surface area contributed by atoms with E-state index in [1.54, 1.807) is 22.9 Å². The third-order valence-corrected chi connectivity index (χ3v) is 3.98. The van der Waals surface area contributed by atoms with Gasteiger partial charge in [-0.15, -0.1) is 0 Å². The lowest BCUT2D eigenvalue weighted by Gasteiger charge is -2.15. The minimum Gasteiger partial charge on any atom is -0.348 e. The summed E-state index contributed by atoms with van der Waals surface area (Å²) in [7, 11) is 0. The maximum atomic E-state index is 13.1. The molecule has 0 aliphatic rings. The molecule has 1 aromatic heterocycles. The minimum absolute atomic E-state index is 0.104. The maximum Gasteiger partial charge on any atom is 0.270 e. The van der Waals surface area contributed by atoms with E-state index in [-0.39, 0.29) is 17.8 Å². The monoisotopic (exact) mass is 321 g/mol. The molecule has 0 aliphatic heterocycles. The van der Waals surface area contributed by atoms with Gasteiger partial charge in [-0.25, -0.2) is 9.37 Å². The average Bonchev–Trinajstić information content (AvgIpc) is 2.92. The van der Waals surface area contributed by atoms with Crippen LogP contribution in [0.3, 0.4) is 0 Å². The summed E-state index contributed by atoms with van der Waals surface area (Å²) in [6.45, 7) is 4.06. The Kier molecular flexibility index (Phi) is 5.60. The van der Waals surface area contributed by atoms with Crippen molar-refractivity contribution in [3.63, 3.8) is 0 Å². The van der Waals surface area contributed by atoms with E-state index in [2.05, 4.69) is 17.2 Å². The predicted octanol–water partition coefficient (Wildman–Crippen LogP) is 3.65. The Labute approximate surface area is 134 Å². The molecule has 1 unspecified atom stereocenters. The number of hydrogen-bond acceptors (Lipinski definition) is 3. The zero-order valence-corrected chi connectivity index (χ0v) is 13.8. The molecule has 4 nitrogen and oxygen atoms in total. The van der Waals surface area contributed by atoms with Crippen LogP contribution in [-0.2, 0) is 0 Å². The van der Waals surface area contributed by atoms with Crippen LogP contribution in [-0.4, -0.2) is 27.8 Å². The van der Waals surface area contributed by atoms with E-state index in [4.69, 9.17) is 0 Å². The van der Waals surface area contributed by atoms with Gasteiger partial charge in [0.1, 0.15) is 11.5 Å². The van der Waals surface area contributed by atoms with Gasteiger partial charge in [-0.1, -0.05) is 25.1 Å². The molecule has 1 aromatic carbocycles. The molecule has 1 amide bonds. The Morgan fingerprint density at radius 3 is 2.68 bits per heavy atom. The molecule has 0 bridgehead atoms. The van der Waals surface area contributed by atoms with Crippen molar-refractivity contribution in [3.8, 4) is 5.69 Å². The Bertz CT molecular complexity index is 639. The lowest BCUT2D eigenvalue weighted by Crippen LogP contribution is -2.33. The summed E-state index contributed by atoms with van der Waals surface area (Å²) in [5.74, 6) is -0.477. The molecule has 6 heteroatoms. The topological polar surface area (TPSA) is 46.9 Å². The van der Waals surface area contributed by atoms with Gasteiger partial charge in [-0.2, -0.15) is 0 Å². The molecule has 0 saturated heterocycles. The molecule has 22 heavy (non-hydrogen) atoms. The first-order valence-corrected chi connectivity index (χ1v) is 8.47. The third kappa shape index (κ3) is 3.68. The minimum atomic E-state index is -0.308. The molecule has 0 radical (unpaired) electrons. The molecule has 118 valence electrons. The molecule has 0 saturated carbocycles. The smallest absolute Gasteiger partial charge is 0.270 e. The molecule has 2 aromatic rings. The van der Waals surface area contributed by atoms with Crippen LogP contribution in [0.5, 0.6) is 0 Å². The van der Waals surface area contributed by atoms with Crippen molar-refractivity contribution in [2.24, 2.45) is 0 Å². The fourth-order valence-corrected chi connectivity index (χ4v) is 2.83. The summed E-state index contributed by atoms with van der Waals surface area (Å²) in [6.07, 6.45) is 5.38. The van der Waals surface area contributed by atoms with Crippen LogP contribution in [0, 0.1) is 5.82 Å². The number of halogens is 1. The quantitative estimate of drug-likeness (QED) is 0.826. The molecule has 0 aliphatic carbocycles. The van der Waals surface area contributed by atoms with Crippen molar-refractivity contribution in [2.75, 3.05) is 6.26 Å². The van der Waals surface area contributed by atoms with Crippen molar-refractivity contribution in [1.29, 1.82) is 0 Å². The lowest BCUT2D eigenvalue weighted by molar-refractivity contribution is 0.0931. The number of rotatable bonds is 6. The van der Waals surface area contributed by atoms with Gasteiger partial charge in [0, 0.05) is 11.7 Å². The number of nitrogens with one attached hydrogen (secondary N) is 1. The van der Waals surface area contributed by atoms with E-state index in [0.29, 0.717) is 10.9 Å². The van der Waals surface area contributed by atoms with Crippen LogP contribution in [0.25, 0.3) is 5.69 Å². The standard InChI is InChI=1S/C16H20FN3OS/c1-4-5-11(2)19-15(21)14-10-18-16(22-3)20(14)13-8-6-12(17)7-9-13/h6-11H,4-5H2,1-3H3,(H,19,21). The van der Waals surface area contributed by atoms with Crippen LogP contribution in [0.2, 0.25) is 0 Å². The SMILES string of the molecule is CCCC(C)NC(=O)c1cnc(SC)n1-c1ccc(F)cc1. The van der Waals surface area contributed by atoms with Gasteiger partial charge in [0.2, 0.25) is 0 Å². The first kappa shape index (κ1) is 16.5. The number of carbonyl (C=O) groups is 1. The highest BCUT2D eigenvalue weighted by Gasteiger charge is 2.18. The predicted molar refractivity (Wildman–Crippen MR) is 87.1 cm³/mol. The molecule has 1 atom stereocenters. The second-order valence-corrected chi connectivity index (χ2v) is 5.88. The van der Waals surface area contributed by atoms with Gasteiger partial charge in [-0.05, 0) is 43.9 Å². The van der Waals surface area contributed by atoms with Crippen molar-refractivity contribution < 1.29 is 9.18 Å². The van der Waals surface area contributed by atoms with Crippen molar-refractivity contribution >= 4 is 17.7 Å². The zero-order valence-electron chi connectivity index (χ0n) is 13.0. The average molecular weight is 321 g/mol. The van der Waals surface area contributed by atoms with Gasteiger partial charge >= 0.3 is 0 Å². The summed E-state index contributed by atoms with van der Waals surface area (Å²) in [5, 5.41) is 3.67. The van der Waals surface area contributed by atoms with Gasteiger partial charge in [0.25, 0.3) is 5.91 Å². The Balaban J connectivity index is 2.34. The van der Waals surface area contributed by atoms with E-state index < -0.39 is 0 Å². The molecular weight excluding hydrogens is 301 g/mol. The molecular formula is C16H20FN3OS. The van der Waals surface area contributed by atoms with Crippen LogP contribution < -0.4 is 5.32 Å². The number of hydrogen-bond donors (Lipinski definition) is 1. The lowest BCUT2D eigenvalue weighted by atomic mass is 10.2. The van der Waals surface area contributed by atoms with E-state index in [1.165, 1.54) is 23.9 Å². The second-order valence-electron chi connectivity index (χ2n) is 5.11. The summed E-state index contributed by atoms with van der Waals surface area (Å²) >= 11 is 1.44. The first-order valence-electron chi connectivity index (χ1n) is 7.25. The highest BCUT2D eigenvalue weighted by Crippen LogP contribution is 2.22. The van der Waals surface area contributed by atoms with Gasteiger partial charge in [0.15, 0.2) is 5.16 Å². The van der Waals surface area contributed by atoms with E-state index >= 15 is 0 Å². The number of aromatic nitrogens is 2. The Hall–Kier alpha value is -1.82. The van der Waals surface area contributed by atoms with Crippen molar-refractivity contribution in [3.05, 3.63) is 42.0 Å². The fourth-order valence-electron chi connectivity index (χ4n) is 2.28. The number of imidazole rings is 1. The Morgan fingerprint density at radius 2 is 2.09 bits per heavy atom. The highest BCUT2D eigenvalue weighted by molar-refractivity contribution is 7.98. The van der Waals surface area contributed by atoms with Gasteiger partial charge in [-0.3, -0.25) is 9.36 Å². The number of thioether (sulfide) groups is 1. The first-order chi connectivity index (χ1) is 10.6. The van der Waals surface area contributed by atoms with Crippen LogP contribution >= 0.6 is 11.8 Å². The van der Waals surface area contributed by atoms with E-state index in [0.717, 1.165) is 18.5 Å². The summed E-state index contributed by atoms with van der Waals surface area (Å²) in [4.78, 5) is 16.7. The summed E-state index contributed by atoms with van der Waals surface area (Å²) in [6, 6.07) is 6.14. The molecule has 1 N–H and O–H groups in total. The number of carbonyl (C=O) groups excluding carboxylic acids is 1. The Morgan fingerprint density at radius 1 is 1.41 bits per heavy atom. The number of nitrogens with zero attached hydrogens (tertiary/aromatic N) is 2. The fraction of sp³-hybridized carbons (Fsp3) is 0.375. The third-order valence-electron chi connectivity index (χ3n) is 3.33. The molecule has 0 spiro atoms. The molecule has 2 rings (SSSR count). The number of amides is 1. The van der Waals surface area contributed by atoms with Gasteiger partial charge < -0.3 is 5.32 Å². The zero-order chi connectivity index (χ0) is 16.1. The largest absolute Gasteiger partial charge is 0.348 e. The molecule has 1 heterocycles. The van der Waals surface area contributed by atoms with E-state index in [9.17, 15) is 9.18 Å². The van der Waals surface area contributed by atoms with Gasteiger partial charge in [0.05, 0.1) is 6.20 Å². The van der Waals surface area contributed by atoms with Crippen molar-refractivity contribution in [2.45, 2.75) is 37.9 Å². The van der Waals surface area contributed by atoms with Crippen LogP contribution in [0.1, 0.15) is 37.2 Å². The van der Waals surface area contributed by atoms with Crippen LogP contribution in [0.4, 0.5) is 4.39 Å². The maximum absolute atomic E-state index is 13.1. The normalized spacial score (nSPS) is 12.2. The van der Waals surface area contributed by atoms with E-state index in [1.807, 2.05) is 13.2 Å². The summed E-state index contributed by atoms with van der Waals surface area (Å²) < 4.78 is 14.9. The van der Waals surface area contributed by atoms with Crippen molar-refractivity contribution in [1.82, 2.24) is 14.9 Å². The summed E-state index contributed by atoms with van der Waals surface area (Å²) in [5.41, 5.74) is 1.18. The second kappa shape index (κ2) is 7.45. The molecule has 0 fully saturated rings. The van der Waals surface area contributed by atoms with Crippen LogP contribution in [0.15, 0.2) is 35.6 Å². The number of benzene rings is 1.